The summed E-state index contributed by atoms with van der Waals surface area (Å²) in [5.41, 5.74) is 0.446. The maximum Gasteiger partial charge on any atom is 0.276 e. The van der Waals surface area contributed by atoms with Crippen molar-refractivity contribution in [2.45, 2.75) is 44.9 Å². The Balaban J connectivity index is 1.30. The maximum atomic E-state index is 12.8. The molecule has 2 aliphatic rings. The summed E-state index contributed by atoms with van der Waals surface area (Å²) >= 11 is 0. The molecule has 0 radical (unpaired) electrons. The Morgan fingerprint density at radius 1 is 1.03 bits per heavy atom. The first-order valence-corrected chi connectivity index (χ1v) is 10.8. The second-order valence-electron chi connectivity index (χ2n) is 8.07. The van der Waals surface area contributed by atoms with Crippen molar-refractivity contribution in [3.63, 3.8) is 0 Å². The molecule has 0 spiro atoms. The number of hydrogen-bond acceptors (Lipinski definition) is 5. The minimum Gasteiger partial charge on any atom is -0.484 e. The zero-order valence-electron chi connectivity index (χ0n) is 17.5. The van der Waals surface area contributed by atoms with Crippen LogP contribution in [0.4, 0.5) is 0 Å². The van der Waals surface area contributed by atoms with Crippen molar-refractivity contribution in [3.05, 3.63) is 47.7 Å². The summed E-state index contributed by atoms with van der Waals surface area (Å²) in [5, 5.41) is 0. The van der Waals surface area contributed by atoms with Crippen LogP contribution < -0.4 is 4.74 Å². The van der Waals surface area contributed by atoms with Crippen LogP contribution in [0.25, 0.3) is 0 Å². The van der Waals surface area contributed by atoms with Gasteiger partial charge in [0.05, 0.1) is 0 Å². The Hall–Kier alpha value is -2.83. The van der Waals surface area contributed by atoms with Crippen LogP contribution in [0.5, 0.6) is 5.75 Å². The third kappa shape index (κ3) is 4.66. The number of aryl methyl sites for hydroxylation is 1. The highest BCUT2D eigenvalue weighted by Crippen LogP contribution is 2.29. The zero-order valence-corrected chi connectivity index (χ0v) is 17.5. The lowest BCUT2D eigenvalue weighted by molar-refractivity contribution is -0.134. The summed E-state index contributed by atoms with van der Waals surface area (Å²) in [4.78, 5) is 33.5. The van der Waals surface area contributed by atoms with E-state index in [-0.39, 0.29) is 24.3 Å². The summed E-state index contributed by atoms with van der Waals surface area (Å²) in [6.45, 7) is 4.73. The summed E-state index contributed by atoms with van der Waals surface area (Å²) in [5.74, 6) is 2.01. The number of amides is 2. The van der Waals surface area contributed by atoms with E-state index in [4.69, 9.17) is 9.15 Å². The summed E-state index contributed by atoms with van der Waals surface area (Å²) in [6.07, 6.45) is 4.83. The van der Waals surface area contributed by atoms with Gasteiger partial charge in [0, 0.05) is 32.1 Å². The monoisotopic (exact) mass is 411 g/mol. The molecule has 1 aromatic heterocycles. The zero-order chi connectivity index (χ0) is 20.9. The lowest BCUT2D eigenvalue weighted by atomic mass is 9.97. The van der Waals surface area contributed by atoms with E-state index in [1.165, 1.54) is 6.42 Å². The standard InChI is InChI=1S/C23H29N3O4/c1-17-21(23(28)26-12-6-3-7-13-26)24-22(30-17)18-10-14-25(15-11-18)20(27)16-29-19-8-4-2-5-9-19/h2,4-5,8-9,18H,3,6-7,10-16H2,1H3. The number of oxazole rings is 1. The predicted molar refractivity (Wildman–Crippen MR) is 111 cm³/mol. The van der Waals surface area contributed by atoms with E-state index in [1.54, 1.807) is 0 Å². The smallest absolute Gasteiger partial charge is 0.276 e. The molecule has 2 saturated heterocycles. The van der Waals surface area contributed by atoms with E-state index in [0.29, 0.717) is 36.2 Å². The molecule has 2 aromatic rings. The Labute approximate surface area is 177 Å². The van der Waals surface area contributed by atoms with Gasteiger partial charge in [0.25, 0.3) is 11.8 Å². The van der Waals surface area contributed by atoms with Crippen molar-refractivity contribution in [1.82, 2.24) is 14.8 Å². The number of carbonyl (C=O) groups is 2. The molecule has 0 unspecified atom stereocenters. The third-order valence-electron chi connectivity index (χ3n) is 5.96. The number of nitrogens with zero attached hydrogens (tertiary/aromatic N) is 3. The Kier molecular flexibility index (Phi) is 6.35. The summed E-state index contributed by atoms with van der Waals surface area (Å²) in [6, 6.07) is 9.36. The summed E-state index contributed by atoms with van der Waals surface area (Å²) in [7, 11) is 0. The highest BCUT2D eigenvalue weighted by molar-refractivity contribution is 5.93. The number of piperidine rings is 2. The molecule has 0 atom stereocenters. The molecule has 160 valence electrons. The third-order valence-corrected chi connectivity index (χ3v) is 5.96. The first-order valence-electron chi connectivity index (χ1n) is 10.8. The second kappa shape index (κ2) is 9.32. The molecule has 7 nitrogen and oxygen atoms in total. The molecule has 0 N–H and O–H groups in total. The van der Waals surface area contributed by atoms with Gasteiger partial charge in [0.15, 0.2) is 18.2 Å². The average Bonchev–Trinajstić information content (AvgIpc) is 3.20. The molecule has 2 aliphatic heterocycles. The van der Waals surface area contributed by atoms with Gasteiger partial charge in [-0.3, -0.25) is 9.59 Å². The Morgan fingerprint density at radius 2 is 1.73 bits per heavy atom. The van der Waals surface area contributed by atoms with Gasteiger partial charge in [-0.05, 0) is 51.2 Å². The molecule has 0 aliphatic carbocycles. The molecule has 1 aromatic carbocycles. The minimum atomic E-state index is -0.0205. The van der Waals surface area contributed by atoms with Crippen molar-refractivity contribution >= 4 is 11.8 Å². The highest BCUT2D eigenvalue weighted by Gasteiger charge is 2.30. The van der Waals surface area contributed by atoms with Crippen molar-refractivity contribution in [2.24, 2.45) is 0 Å². The normalized spacial score (nSPS) is 17.8. The van der Waals surface area contributed by atoms with Crippen LogP contribution >= 0.6 is 0 Å². The topological polar surface area (TPSA) is 75.9 Å². The largest absolute Gasteiger partial charge is 0.484 e. The van der Waals surface area contributed by atoms with Crippen molar-refractivity contribution < 1.29 is 18.7 Å². The number of benzene rings is 1. The number of aromatic nitrogens is 1. The quantitative estimate of drug-likeness (QED) is 0.754. The molecule has 0 saturated carbocycles. The number of rotatable bonds is 5. The van der Waals surface area contributed by atoms with Gasteiger partial charge in [-0.2, -0.15) is 0 Å². The lowest BCUT2D eigenvalue weighted by Crippen LogP contribution is -2.40. The molecular formula is C23H29N3O4. The lowest BCUT2D eigenvalue weighted by Gasteiger charge is -2.30. The van der Waals surface area contributed by atoms with Crippen LogP contribution in [-0.2, 0) is 4.79 Å². The number of ether oxygens (including phenoxy) is 1. The van der Waals surface area contributed by atoms with Crippen molar-refractivity contribution in [2.75, 3.05) is 32.8 Å². The molecule has 7 heteroatoms. The fraction of sp³-hybridized carbons (Fsp3) is 0.522. The van der Waals surface area contributed by atoms with Crippen LogP contribution in [0.1, 0.15) is 60.2 Å². The summed E-state index contributed by atoms with van der Waals surface area (Å²) < 4.78 is 11.5. The Morgan fingerprint density at radius 3 is 2.43 bits per heavy atom. The van der Waals surface area contributed by atoms with Gasteiger partial charge in [-0.25, -0.2) is 4.98 Å². The number of likely N-dealkylation sites (tertiary alicyclic amines) is 2. The SMILES string of the molecule is Cc1oc(C2CCN(C(=O)COc3ccccc3)CC2)nc1C(=O)N1CCCCC1. The molecule has 3 heterocycles. The van der Waals surface area contributed by atoms with Gasteiger partial charge in [0.2, 0.25) is 0 Å². The van der Waals surface area contributed by atoms with E-state index in [2.05, 4.69) is 4.98 Å². The van der Waals surface area contributed by atoms with E-state index >= 15 is 0 Å². The maximum absolute atomic E-state index is 12.8. The van der Waals surface area contributed by atoms with E-state index in [9.17, 15) is 9.59 Å². The first-order chi connectivity index (χ1) is 14.6. The first kappa shape index (κ1) is 20.4. The van der Waals surface area contributed by atoms with E-state index in [1.807, 2.05) is 47.1 Å². The minimum absolute atomic E-state index is 0.0122. The number of hydrogen-bond donors (Lipinski definition) is 0. The molecule has 2 amide bonds. The van der Waals surface area contributed by atoms with Gasteiger partial charge in [-0.15, -0.1) is 0 Å². The van der Waals surface area contributed by atoms with Gasteiger partial charge in [-0.1, -0.05) is 18.2 Å². The fourth-order valence-corrected chi connectivity index (χ4v) is 4.17. The molecular weight excluding hydrogens is 382 g/mol. The van der Waals surface area contributed by atoms with Crippen molar-refractivity contribution in [1.29, 1.82) is 0 Å². The molecule has 4 rings (SSSR count). The molecule has 30 heavy (non-hydrogen) atoms. The van der Waals surface area contributed by atoms with Crippen LogP contribution in [0.2, 0.25) is 0 Å². The van der Waals surface area contributed by atoms with E-state index in [0.717, 1.165) is 38.8 Å². The van der Waals surface area contributed by atoms with Crippen LogP contribution in [0, 0.1) is 6.92 Å². The van der Waals surface area contributed by atoms with Crippen LogP contribution in [0.15, 0.2) is 34.7 Å². The average molecular weight is 412 g/mol. The number of para-hydroxylation sites is 1. The van der Waals surface area contributed by atoms with Gasteiger partial charge >= 0.3 is 0 Å². The Bertz CT molecular complexity index is 866. The molecule has 2 fully saturated rings. The van der Waals surface area contributed by atoms with Crippen LogP contribution in [0.3, 0.4) is 0 Å². The molecule has 0 bridgehead atoms. The fourth-order valence-electron chi connectivity index (χ4n) is 4.17. The second-order valence-corrected chi connectivity index (χ2v) is 8.07. The number of carbonyl (C=O) groups excluding carboxylic acids is 2. The predicted octanol–water partition coefficient (Wildman–Crippen LogP) is 3.39. The van der Waals surface area contributed by atoms with Crippen molar-refractivity contribution in [3.8, 4) is 5.75 Å². The van der Waals surface area contributed by atoms with Gasteiger partial charge < -0.3 is 19.0 Å². The van der Waals surface area contributed by atoms with Crippen LogP contribution in [-0.4, -0.2) is 59.4 Å². The van der Waals surface area contributed by atoms with E-state index < -0.39 is 0 Å². The highest BCUT2D eigenvalue weighted by atomic mass is 16.5. The van der Waals surface area contributed by atoms with Gasteiger partial charge in [0.1, 0.15) is 11.5 Å².